The molecule has 1 N–H and O–H groups in total. The Balaban J connectivity index is 1.90. The van der Waals surface area contributed by atoms with Gasteiger partial charge >= 0.3 is 0 Å². The minimum atomic E-state index is 0.450. The van der Waals surface area contributed by atoms with Gasteiger partial charge in [-0.2, -0.15) is 0 Å². The Kier molecular flexibility index (Phi) is 5.82. The van der Waals surface area contributed by atoms with Gasteiger partial charge in [0, 0.05) is 7.05 Å². The maximum absolute atomic E-state index is 5.74. The van der Waals surface area contributed by atoms with E-state index in [2.05, 4.69) is 22.2 Å². The van der Waals surface area contributed by atoms with Crippen LogP contribution in [0.25, 0.3) is 0 Å². The van der Waals surface area contributed by atoms with Gasteiger partial charge in [-0.1, -0.05) is 31.5 Å². The summed E-state index contributed by atoms with van der Waals surface area (Å²) in [6, 6.07) is 9.69. The Hall–Kier alpha value is -2.30. The van der Waals surface area contributed by atoms with E-state index in [-0.39, 0.29) is 0 Å². The van der Waals surface area contributed by atoms with Gasteiger partial charge in [-0.25, -0.2) is 9.97 Å². The number of para-hydroxylation sites is 1. The molecule has 0 fully saturated rings. The van der Waals surface area contributed by atoms with Gasteiger partial charge in [0.15, 0.2) is 0 Å². The summed E-state index contributed by atoms with van der Waals surface area (Å²) in [7, 11) is 1.85. The second-order valence-electron chi connectivity index (χ2n) is 4.52. The topological polar surface area (TPSA) is 56.3 Å². The third-order valence-corrected chi connectivity index (χ3v) is 2.98. The largest absolute Gasteiger partial charge is 0.490 e. The Morgan fingerprint density at radius 2 is 1.81 bits per heavy atom. The van der Waals surface area contributed by atoms with E-state index in [0.717, 1.165) is 30.0 Å². The molecule has 1 aromatic carbocycles. The molecule has 2 aromatic rings. The predicted molar refractivity (Wildman–Crippen MR) is 83.0 cm³/mol. The van der Waals surface area contributed by atoms with E-state index in [1.165, 1.54) is 6.33 Å². The molecule has 1 aromatic heterocycles. The number of nitrogens with zero attached hydrogens (tertiary/aromatic N) is 2. The summed E-state index contributed by atoms with van der Waals surface area (Å²) in [6.45, 7) is 3.05. The van der Waals surface area contributed by atoms with Crippen LogP contribution in [0.15, 0.2) is 36.7 Å². The van der Waals surface area contributed by atoms with Gasteiger partial charge in [0.1, 0.15) is 31.1 Å². The number of rotatable bonds is 8. The van der Waals surface area contributed by atoms with Gasteiger partial charge in [-0.05, 0) is 18.6 Å². The molecule has 0 radical (unpaired) electrons. The molecule has 2 rings (SSSR count). The van der Waals surface area contributed by atoms with Gasteiger partial charge in [0.25, 0.3) is 0 Å². The van der Waals surface area contributed by atoms with E-state index in [9.17, 15) is 0 Å². The van der Waals surface area contributed by atoms with Gasteiger partial charge in [-0.3, -0.25) is 0 Å². The fourth-order valence-electron chi connectivity index (χ4n) is 2.03. The zero-order valence-electron chi connectivity index (χ0n) is 12.5. The summed E-state index contributed by atoms with van der Waals surface area (Å²) in [6.07, 6.45) is 3.41. The van der Waals surface area contributed by atoms with Crippen LogP contribution in [-0.2, 0) is 6.42 Å². The van der Waals surface area contributed by atoms with Crippen LogP contribution in [0, 0.1) is 0 Å². The SMILES string of the molecule is CCCc1c(NC)ncnc1OCCOc1ccccc1. The van der Waals surface area contributed by atoms with Gasteiger partial charge in [0.05, 0.1) is 5.56 Å². The van der Waals surface area contributed by atoms with Gasteiger partial charge in [0.2, 0.25) is 5.88 Å². The zero-order valence-corrected chi connectivity index (χ0v) is 12.5. The fraction of sp³-hybridized carbons (Fsp3) is 0.375. The molecule has 0 aliphatic heterocycles. The first-order chi connectivity index (χ1) is 10.3. The van der Waals surface area contributed by atoms with Crippen molar-refractivity contribution < 1.29 is 9.47 Å². The molecule has 0 atom stereocenters. The van der Waals surface area contributed by atoms with Crippen molar-refractivity contribution in [3.05, 3.63) is 42.2 Å². The summed E-state index contributed by atoms with van der Waals surface area (Å²) in [5, 5.41) is 3.07. The van der Waals surface area contributed by atoms with Crippen LogP contribution in [0.3, 0.4) is 0 Å². The third kappa shape index (κ3) is 4.34. The number of nitrogens with one attached hydrogen (secondary N) is 1. The normalized spacial score (nSPS) is 10.2. The molecule has 0 saturated carbocycles. The predicted octanol–water partition coefficient (Wildman–Crippen LogP) is 2.93. The second kappa shape index (κ2) is 8.09. The summed E-state index contributed by atoms with van der Waals surface area (Å²) in [5.41, 5.74) is 1.02. The van der Waals surface area contributed by atoms with E-state index < -0.39 is 0 Å². The van der Waals surface area contributed by atoms with Crippen LogP contribution >= 0.6 is 0 Å². The van der Waals surface area contributed by atoms with Crippen LogP contribution in [-0.4, -0.2) is 30.2 Å². The van der Waals surface area contributed by atoms with Crippen molar-refractivity contribution in [3.8, 4) is 11.6 Å². The summed E-state index contributed by atoms with van der Waals surface area (Å²) in [5.74, 6) is 2.30. The summed E-state index contributed by atoms with van der Waals surface area (Å²) >= 11 is 0. The average molecular weight is 287 g/mol. The summed E-state index contributed by atoms with van der Waals surface area (Å²) in [4.78, 5) is 8.44. The highest BCUT2D eigenvalue weighted by Crippen LogP contribution is 2.23. The maximum atomic E-state index is 5.74. The van der Waals surface area contributed by atoms with Crippen molar-refractivity contribution in [2.45, 2.75) is 19.8 Å². The number of ether oxygens (including phenoxy) is 2. The van der Waals surface area contributed by atoms with Crippen LogP contribution in [0.2, 0.25) is 0 Å². The smallest absolute Gasteiger partial charge is 0.221 e. The van der Waals surface area contributed by atoms with Gasteiger partial charge < -0.3 is 14.8 Å². The minimum absolute atomic E-state index is 0.450. The summed E-state index contributed by atoms with van der Waals surface area (Å²) < 4.78 is 11.3. The minimum Gasteiger partial charge on any atom is -0.490 e. The van der Waals surface area contributed by atoms with Crippen molar-refractivity contribution in [2.24, 2.45) is 0 Å². The highest BCUT2D eigenvalue weighted by Gasteiger charge is 2.10. The van der Waals surface area contributed by atoms with Crippen LogP contribution < -0.4 is 14.8 Å². The molecule has 0 bridgehead atoms. The van der Waals surface area contributed by atoms with E-state index in [1.54, 1.807) is 0 Å². The van der Waals surface area contributed by atoms with Crippen molar-refractivity contribution in [1.29, 1.82) is 0 Å². The first kappa shape index (κ1) is 15.1. The number of benzene rings is 1. The lowest BCUT2D eigenvalue weighted by Crippen LogP contribution is -2.12. The molecule has 0 aliphatic carbocycles. The van der Waals surface area contributed by atoms with Crippen LogP contribution in [0.4, 0.5) is 5.82 Å². The first-order valence-electron chi connectivity index (χ1n) is 7.17. The zero-order chi connectivity index (χ0) is 14.9. The van der Waals surface area contributed by atoms with E-state index in [1.807, 2.05) is 37.4 Å². The monoisotopic (exact) mass is 287 g/mol. The van der Waals surface area contributed by atoms with Crippen molar-refractivity contribution in [1.82, 2.24) is 9.97 Å². The fourth-order valence-corrected chi connectivity index (χ4v) is 2.03. The highest BCUT2D eigenvalue weighted by molar-refractivity contribution is 5.48. The van der Waals surface area contributed by atoms with Gasteiger partial charge in [-0.15, -0.1) is 0 Å². The molecule has 1 heterocycles. The maximum Gasteiger partial charge on any atom is 0.221 e. The first-order valence-corrected chi connectivity index (χ1v) is 7.17. The Morgan fingerprint density at radius 1 is 1.05 bits per heavy atom. The lowest BCUT2D eigenvalue weighted by Gasteiger charge is -2.13. The molecule has 0 unspecified atom stereocenters. The van der Waals surface area contributed by atoms with E-state index in [4.69, 9.17) is 9.47 Å². The molecular formula is C16H21N3O2. The quantitative estimate of drug-likeness (QED) is 0.757. The van der Waals surface area contributed by atoms with E-state index in [0.29, 0.717) is 19.1 Å². The number of anilines is 1. The third-order valence-electron chi connectivity index (χ3n) is 2.98. The lowest BCUT2D eigenvalue weighted by molar-refractivity contribution is 0.210. The molecule has 0 spiro atoms. The number of hydrogen-bond acceptors (Lipinski definition) is 5. The number of hydrogen-bond donors (Lipinski definition) is 1. The highest BCUT2D eigenvalue weighted by atomic mass is 16.5. The molecule has 5 nitrogen and oxygen atoms in total. The lowest BCUT2D eigenvalue weighted by atomic mass is 10.2. The molecule has 5 heteroatoms. The Morgan fingerprint density at radius 3 is 2.52 bits per heavy atom. The van der Waals surface area contributed by atoms with Crippen LogP contribution in [0.5, 0.6) is 11.6 Å². The molecular weight excluding hydrogens is 266 g/mol. The average Bonchev–Trinajstić information content (AvgIpc) is 2.54. The number of aromatic nitrogens is 2. The Bertz CT molecular complexity index is 546. The molecule has 21 heavy (non-hydrogen) atoms. The molecule has 0 amide bonds. The molecule has 0 aliphatic rings. The van der Waals surface area contributed by atoms with Crippen LogP contribution in [0.1, 0.15) is 18.9 Å². The van der Waals surface area contributed by atoms with Crippen molar-refractivity contribution >= 4 is 5.82 Å². The standard InChI is InChI=1S/C16H21N3O2/c1-3-7-14-15(17-2)18-12-19-16(14)21-11-10-20-13-8-5-4-6-9-13/h4-6,8-9,12H,3,7,10-11H2,1-2H3,(H,17,18,19). The molecule has 0 saturated heterocycles. The molecule has 112 valence electrons. The van der Waals surface area contributed by atoms with Crippen molar-refractivity contribution in [2.75, 3.05) is 25.6 Å². The Labute approximate surface area is 125 Å². The van der Waals surface area contributed by atoms with E-state index >= 15 is 0 Å². The van der Waals surface area contributed by atoms with Crippen molar-refractivity contribution in [3.63, 3.8) is 0 Å². The second-order valence-corrected chi connectivity index (χ2v) is 4.52.